The number of imidazole rings is 3. The van der Waals surface area contributed by atoms with E-state index in [9.17, 15) is 0 Å². The van der Waals surface area contributed by atoms with Crippen LogP contribution in [-0.2, 0) is 73.2 Å². The molecule has 21 rings (SSSR count). The predicted molar refractivity (Wildman–Crippen MR) is 491 cm³/mol. The van der Waals surface area contributed by atoms with Crippen molar-refractivity contribution in [3.63, 3.8) is 0 Å². The van der Waals surface area contributed by atoms with Crippen LogP contribution in [0.3, 0.4) is 0 Å². The molecule has 4 fully saturated rings. The molecule has 12 aromatic carbocycles. The summed E-state index contributed by atoms with van der Waals surface area (Å²) >= 11 is 0. The molecule has 621 valence electrons. The standard InChI is InChI=1S/C39H37N2O.C37H35N2.C35H33N2O.3Ir/c1-4-12-27(13-5-1)31-25-33(28-14-6-2-7-15-28)38(34(26-31)29-16-8-3-9-17-29)41-23-22-40-39(41)30-20-21-37-35(24-30)32-18-10-11-19-36(32)42-37;1-3-11-27(12-4-1)29-19-21-32(22-20-29)37-38-23-24-39(37)36-34(30-15-7-8-16-30)25-33(28-13-5-2-6-14-28)26-35(36)31-17-9-10-18-31;1-23(2)18-28-20-27(25-10-6-5-7-11-25)21-29(19-24(3)4)34(28)37-17-16-36-35(37)26-14-15-33-31(22-26)30-12-8-9-13-32(30)38-33;;;/h1,4-5,10-13,18-19,21-26,28-29H,2-3,6-9,14-17H2;1-6,11-14,19-21,23-26,30-31H,7-10,15-18H2;5-13,15-17,20-24H,18-19H2,1-4H3;;;/q3*-1;;;. The van der Waals surface area contributed by atoms with E-state index < -0.39 is 0 Å². The molecule has 0 bridgehead atoms. The number of para-hydroxylation sites is 2. The Morgan fingerprint density at radius 3 is 0.959 bits per heavy atom. The van der Waals surface area contributed by atoms with Crippen LogP contribution < -0.4 is 0 Å². The smallest absolute Gasteiger partial charge is 0.120 e. The van der Waals surface area contributed by atoms with Gasteiger partial charge in [0, 0.05) is 125 Å². The average molecular weight is 2130 g/mol. The SMILES string of the molecule is CC(C)Cc1cc(-c2ccccc2)cc(CC(C)C)c1-n1ccnc1-c1[c-]cc2oc3ccccc3c2c1.[Ir].[Ir].[Ir].[c-]1cc(-c2ccccc2)ccc1-c1nccn1-c1c(C2CCCC2)cc(-c2ccccc2)cc1C1CCCC1.[c-]1cc2oc3ccccc3c2cc1-c1nccn1-c1c(C2CCCCC2)cc(-c2ccccc2)cc1C1CCCCC1. The van der Waals surface area contributed by atoms with Crippen molar-refractivity contribution in [3.8, 4) is 95.7 Å². The number of furan rings is 2. The monoisotopic (exact) mass is 2130 g/mol. The number of benzene rings is 12. The van der Waals surface area contributed by atoms with E-state index in [-0.39, 0.29) is 60.3 Å². The largest absolute Gasteiger partial charge is 0.500 e. The van der Waals surface area contributed by atoms with E-state index in [1.165, 1.54) is 211 Å². The van der Waals surface area contributed by atoms with Gasteiger partial charge in [0.05, 0.1) is 28.6 Å². The minimum absolute atomic E-state index is 0. The van der Waals surface area contributed by atoms with Gasteiger partial charge in [0.2, 0.25) is 0 Å². The summed E-state index contributed by atoms with van der Waals surface area (Å²) < 4.78 is 19.3. The molecule has 0 saturated heterocycles. The maximum Gasteiger partial charge on any atom is 0.120 e. The molecule has 11 heteroatoms. The van der Waals surface area contributed by atoms with Gasteiger partial charge in [-0.15, -0.1) is 77.4 Å². The number of hydrogen-bond acceptors (Lipinski definition) is 5. The third-order valence-electron chi connectivity index (χ3n) is 25.8. The van der Waals surface area contributed by atoms with Gasteiger partial charge in [-0.25, -0.2) is 0 Å². The molecule has 0 N–H and O–H groups in total. The summed E-state index contributed by atoms with van der Waals surface area (Å²) in [5.41, 5.74) is 29.6. The van der Waals surface area contributed by atoms with E-state index in [4.69, 9.17) is 23.8 Å². The summed E-state index contributed by atoms with van der Waals surface area (Å²) in [5, 5.41) is 4.46. The van der Waals surface area contributed by atoms with Crippen molar-refractivity contribution < 1.29 is 69.2 Å². The molecular formula is C111H105Ir3N6O2-3. The summed E-state index contributed by atoms with van der Waals surface area (Å²) in [6.45, 7) is 9.17. The quantitative estimate of drug-likeness (QED) is 0.0800. The first-order valence-electron chi connectivity index (χ1n) is 44.2. The molecule has 0 atom stereocenters. The Kier molecular flexibility index (Phi) is 27.4. The van der Waals surface area contributed by atoms with Crippen molar-refractivity contribution in [1.82, 2.24) is 28.7 Å². The summed E-state index contributed by atoms with van der Waals surface area (Å²) in [6.07, 6.45) is 37.7. The van der Waals surface area contributed by atoms with Crippen LogP contribution in [-0.4, -0.2) is 28.7 Å². The number of nitrogens with zero attached hydrogens (tertiary/aromatic N) is 6. The molecule has 5 aromatic heterocycles. The van der Waals surface area contributed by atoms with Gasteiger partial charge < -0.3 is 22.5 Å². The van der Waals surface area contributed by atoms with Crippen LogP contribution in [0.4, 0.5) is 0 Å². The zero-order valence-corrected chi connectivity index (χ0v) is 77.4. The maximum atomic E-state index is 6.13. The Morgan fingerprint density at radius 2 is 0.607 bits per heavy atom. The van der Waals surface area contributed by atoms with E-state index in [1.807, 2.05) is 55.0 Å². The first kappa shape index (κ1) is 85.4. The molecule has 4 aliphatic carbocycles. The van der Waals surface area contributed by atoms with Gasteiger partial charge in [0.15, 0.2) is 0 Å². The van der Waals surface area contributed by atoms with Gasteiger partial charge in [0.1, 0.15) is 11.2 Å². The van der Waals surface area contributed by atoms with Crippen molar-refractivity contribution in [3.05, 3.63) is 337 Å². The number of fused-ring (bicyclic) bond motifs is 6. The van der Waals surface area contributed by atoms with Crippen LogP contribution in [0, 0.1) is 30.0 Å². The molecular weight excluding hydrogens is 2030 g/mol. The molecule has 4 aliphatic rings. The van der Waals surface area contributed by atoms with Crippen LogP contribution in [0.1, 0.15) is 200 Å². The van der Waals surface area contributed by atoms with E-state index in [0.29, 0.717) is 35.5 Å². The fourth-order valence-electron chi connectivity index (χ4n) is 20.1. The fraction of sp³-hybridized carbons (Fsp3) is 0.270. The van der Waals surface area contributed by atoms with E-state index >= 15 is 0 Å². The van der Waals surface area contributed by atoms with Gasteiger partial charge in [-0.1, -0.05) is 272 Å². The van der Waals surface area contributed by atoms with Crippen molar-refractivity contribution in [2.24, 2.45) is 11.8 Å². The normalized spacial score (nSPS) is 14.7. The number of hydrogen-bond donors (Lipinski definition) is 0. The molecule has 122 heavy (non-hydrogen) atoms. The van der Waals surface area contributed by atoms with Crippen LogP contribution in [0.25, 0.3) is 140 Å². The third kappa shape index (κ3) is 18.1. The van der Waals surface area contributed by atoms with E-state index in [1.54, 1.807) is 0 Å². The summed E-state index contributed by atoms with van der Waals surface area (Å²) in [4.78, 5) is 14.8. The Morgan fingerprint density at radius 1 is 0.295 bits per heavy atom. The molecule has 8 nitrogen and oxygen atoms in total. The van der Waals surface area contributed by atoms with Gasteiger partial charge in [-0.3, -0.25) is 15.0 Å². The molecule has 0 spiro atoms. The Bertz CT molecular complexity index is 6240. The molecule has 4 saturated carbocycles. The van der Waals surface area contributed by atoms with Crippen molar-refractivity contribution >= 4 is 43.9 Å². The second-order valence-corrected chi connectivity index (χ2v) is 34.7. The molecule has 0 unspecified atom stereocenters. The topological polar surface area (TPSA) is 79.7 Å². The second kappa shape index (κ2) is 39.1. The summed E-state index contributed by atoms with van der Waals surface area (Å²) in [6, 6.07) is 99.9. The molecule has 0 aliphatic heterocycles. The third-order valence-corrected chi connectivity index (χ3v) is 25.8. The Balaban J connectivity index is 0.000000134. The molecule has 17 aromatic rings. The zero-order chi connectivity index (χ0) is 80.1. The second-order valence-electron chi connectivity index (χ2n) is 34.7. The van der Waals surface area contributed by atoms with E-state index in [2.05, 4.69) is 291 Å². The van der Waals surface area contributed by atoms with Gasteiger partial charge in [-0.2, -0.15) is 0 Å². The van der Waals surface area contributed by atoms with Crippen LogP contribution in [0.5, 0.6) is 0 Å². The van der Waals surface area contributed by atoms with Crippen LogP contribution in [0.2, 0.25) is 0 Å². The van der Waals surface area contributed by atoms with Gasteiger partial charge in [-0.05, 0) is 215 Å². The number of aromatic nitrogens is 6. The van der Waals surface area contributed by atoms with Crippen molar-refractivity contribution in [1.29, 1.82) is 0 Å². The zero-order valence-electron chi connectivity index (χ0n) is 70.2. The maximum absolute atomic E-state index is 6.13. The van der Waals surface area contributed by atoms with Crippen molar-refractivity contribution in [2.45, 2.75) is 180 Å². The summed E-state index contributed by atoms with van der Waals surface area (Å²) in [5.74, 6) is 6.24. The van der Waals surface area contributed by atoms with Crippen LogP contribution >= 0.6 is 0 Å². The predicted octanol–water partition coefficient (Wildman–Crippen LogP) is 30.3. The summed E-state index contributed by atoms with van der Waals surface area (Å²) in [7, 11) is 0. The minimum atomic E-state index is 0. The van der Waals surface area contributed by atoms with E-state index in [0.717, 1.165) is 90.9 Å². The average Bonchev–Trinajstić information content (AvgIpc) is 1.28. The first-order valence-corrected chi connectivity index (χ1v) is 44.2. The van der Waals surface area contributed by atoms with Gasteiger partial charge in [0.25, 0.3) is 0 Å². The van der Waals surface area contributed by atoms with Crippen LogP contribution in [0.15, 0.2) is 295 Å². The van der Waals surface area contributed by atoms with Crippen molar-refractivity contribution in [2.75, 3.05) is 0 Å². The molecule has 3 radical (unpaired) electrons. The Labute approximate surface area is 760 Å². The molecule has 0 amide bonds. The van der Waals surface area contributed by atoms with Gasteiger partial charge >= 0.3 is 0 Å². The Hall–Kier alpha value is -10.2. The minimum Gasteiger partial charge on any atom is -0.500 e. The first-order chi connectivity index (χ1) is 58.7. The fourth-order valence-corrected chi connectivity index (χ4v) is 20.1. The number of rotatable bonds is 18. The molecule has 5 heterocycles.